The van der Waals surface area contributed by atoms with Gasteiger partial charge in [-0.15, -0.1) is 0 Å². The number of anilines is 2. The first kappa shape index (κ1) is 19.5. The third kappa shape index (κ3) is 5.09. The van der Waals surface area contributed by atoms with Gasteiger partial charge in [0.1, 0.15) is 5.75 Å². The molecule has 0 heterocycles. The number of ether oxygens (including phenoxy) is 1. The minimum Gasteiger partial charge on any atom is -0.483 e. The van der Waals surface area contributed by atoms with Crippen LogP contribution in [0.2, 0.25) is 0 Å². The van der Waals surface area contributed by atoms with E-state index in [0.717, 1.165) is 22.6 Å². The molecule has 5 heteroatoms. The third-order valence-electron chi connectivity index (χ3n) is 4.14. The summed E-state index contributed by atoms with van der Waals surface area (Å²) in [6, 6.07) is 13.2. The molecule has 0 aliphatic carbocycles. The lowest BCUT2D eigenvalue weighted by molar-refractivity contribution is -0.118. The first-order chi connectivity index (χ1) is 12.3. The number of amides is 2. The van der Waals surface area contributed by atoms with Crippen LogP contribution in [-0.2, 0) is 9.59 Å². The van der Waals surface area contributed by atoms with Gasteiger partial charge in [0.25, 0.3) is 5.91 Å². The SMILES string of the molecule is CC(=O)N(C)c1cccc(NC(=O)COc2cc(C)ccc2C(C)C)c1. The highest BCUT2D eigenvalue weighted by Gasteiger charge is 2.11. The van der Waals surface area contributed by atoms with Crippen molar-refractivity contribution < 1.29 is 14.3 Å². The summed E-state index contributed by atoms with van der Waals surface area (Å²) in [4.78, 5) is 25.2. The summed E-state index contributed by atoms with van der Waals surface area (Å²) in [7, 11) is 1.69. The molecule has 0 aliphatic heterocycles. The van der Waals surface area contributed by atoms with Gasteiger partial charge in [0.2, 0.25) is 5.91 Å². The minimum atomic E-state index is -0.246. The maximum Gasteiger partial charge on any atom is 0.262 e. The van der Waals surface area contributed by atoms with Gasteiger partial charge in [-0.3, -0.25) is 9.59 Å². The number of carbonyl (C=O) groups is 2. The van der Waals surface area contributed by atoms with Crippen LogP contribution in [0.4, 0.5) is 11.4 Å². The molecule has 2 amide bonds. The molecule has 26 heavy (non-hydrogen) atoms. The predicted octanol–water partition coefficient (Wildman–Crippen LogP) is 4.12. The van der Waals surface area contributed by atoms with Crippen molar-refractivity contribution in [3.63, 3.8) is 0 Å². The Morgan fingerprint density at radius 3 is 2.54 bits per heavy atom. The number of carbonyl (C=O) groups excluding carboxylic acids is 2. The van der Waals surface area contributed by atoms with Crippen LogP contribution < -0.4 is 15.0 Å². The van der Waals surface area contributed by atoms with E-state index in [4.69, 9.17) is 4.74 Å². The normalized spacial score (nSPS) is 10.5. The van der Waals surface area contributed by atoms with Crippen LogP contribution in [0.1, 0.15) is 37.8 Å². The van der Waals surface area contributed by atoms with Crippen LogP contribution in [0.15, 0.2) is 42.5 Å². The Bertz CT molecular complexity index is 800. The Kier molecular flexibility index (Phi) is 6.39. The fourth-order valence-electron chi connectivity index (χ4n) is 2.56. The van der Waals surface area contributed by atoms with Crippen molar-refractivity contribution in [1.29, 1.82) is 0 Å². The monoisotopic (exact) mass is 354 g/mol. The smallest absolute Gasteiger partial charge is 0.262 e. The molecule has 0 fully saturated rings. The summed E-state index contributed by atoms with van der Waals surface area (Å²) in [5.41, 5.74) is 3.51. The number of benzene rings is 2. The molecule has 0 atom stereocenters. The van der Waals surface area contributed by atoms with Crippen molar-refractivity contribution in [3.05, 3.63) is 53.6 Å². The highest BCUT2D eigenvalue weighted by atomic mass is 16.5. The van der Waals surface area contributed by atoms with Crippen molar-refractivity contribution in [2.75, 3.05) is 23.9 Å². The van der Waals surface area contributed by atoms with E-state index >= 15 is 0 Å². The van der Waals surface area contributed by atoms with Gasteiger partial charge in [-0.05, 0) is 48.2 Å². The average Bonchev–Trinajstić information content (AvgIpc) is 2.59. The molecular weight excluding hydrogens is 328 g/mol. The predicted molar refractivity (Wildman–Crippen MR) is 105 cm³/mol. The zero-order valence-electron chi connectivity index (χ0n) is 16.0. The van der Waals surface area contributed by atoms with E-state index in [9.17, 15) is 9.59 Å². The molecule has 0 aromatic heterocycles. The highest BCUT2D eigenvalue weighted by Crippen LogP contribution is 2.27. The van der Waals surface area contributed by atoms with Crippen LogP contribution in [0.25, 0.3) is 0 Å². The topological polar surface area (TPSA) is 58.6 Å². The van der Waals surface area contributed by atoms with E-state index in [1.807, 2.05) is 31.2 Å². The summed E-state index contributed by atoms with van der Waals surface area (Å²) < 4.78 is 5.75. The summed E-state index contributed by atoms with van der Waals surface area (Å²) >= 11 is 0. The van der Waals surface area contributed by atoms with Gasteiger partial charge in [-0.1, -0.05) is 32.0 Å². The first-order valence-electron chi connectivity index (χ1n) is 8.65. The number of nitrogens with one attached hydrogen (secondary N) is 1. The second kappa shape index (κ2) is 8.52. The lowest BCUT2D eigenvalue weighted by Gasteiger charge is -2.17. The van der Waals surface area contributed by atoms with Gasteiger partial charge in [-0.25, -0.2) is 0 Å². The molecule has 2 rings (SSSR count). The minimum absolute atomic E-state index is 0.0718. The van der Waals surface area contributed by atoms with Crippen LogP contribution >= 0.6 is 0 Å². The standard InChI is InChI=1S/C21H26N2O3/c1-14(2)19-10-9-15(3)11-20(19)26-13-21(25)22-17-7-6-8-18(12-17)23(5)16(4)24/h6-12,14H,13H2,1-5H3,(H,22,25). The molecule has 1 N–H and O–H groups in total. The number of hydrogen-bond donors (Lipinski definition) is 1. The molecule has 0 spiro atoms. The Morgan fingerprint density at radius 2 is 1.88 bits per heavy atom. The first-order valence-corrected chi connectivity index (χ1v) is 8.65. The summed E-state index contributed by atoms with van der Waals surface area (Å²) in [5, 5.41) is 2.81. The van der Waals surface area contributed by atoms with E-state index < -0.39 is 0 Å². The molecule has 5 nitrogen and oxygen atoms in total. The Hall–Kier alpha value is -2.82. The number of rotatable bonds is 6. The maximum absolute atomic E-state index is 12.3. The fourth-order valence-corrected chi connectivity index (χ4v) is 2.56. The molecule has 138 valence electrons. The quantitative estimate of drug-likeness (QED) is 0.849. The largest absolute Gasteiger partial charge is 0.483 e. The van der Waals surface area contributed by atoms with E-state index in [2.05, 4.69) is 19.2 Å². The van der Waals surface area contributed by atoms with Crippen molar-refractivity contribution in [2.45, 2.75) is 33.6 Å². The molecule has 0 bridgehead atoms. The molecule has 0 saturated heterocycles. The zero-order valence-corrected chi connectivity index (χ0v) is 16.0. The molecule has 0 radical (unpaired) electrons. The molecular formula is C21H26N2O3. The van der Waals surface area contributed by atoms with E-state index in [1.165, 1.54) is 11.8 Å². The van der Waals surface area contributed by atoms with E-state index in [0.29, 0.717) is 11.6 Å². The third-order valence-corrected chi connectivity index (χ3v) is 4.14. The average molecular weight is 354 g/mol. The second-order valence-electron chi connectivity index (χ2n) is 6.66. The van der Waals surface area contributed by atoms with Crippen LogP contribution in [-0.4, -0.2) is 25.5 Å². The van der Waals surface area contributed by atoms with Gasteiger partial charge < -0.3 is 15.0 Å². The van der Waals surface area contributed by atoms with Gasteiger partial charge >= 0.3 is 0 Å². The van der Waals surface area contributed by atoms with Gasteiger partial charge in [-0.2, -0.15) is 0 Å². The van der Waals surface area contributed by atoms with Crippen LogP contribution in [0.3, 0.4) is 0 Å². The van der Waals surface area contributed by atoms with E-state index in [1.54, 1.807) is 25.2 Å². The van der Waals surface area contributed by atoms with Gasteiger partial charge in [0, 0.05) is 25.3 Å². The molecule has 2 aromatic rings. The van der Waals surface area contributed by atoms with Crippen molar-refractivity contribution in [2.24, 2.45) is 0 Å². The molecule has 0 unspecified atom stereocenters. The summed E-state index contributed by atoms with van der Waals surface area (Å²) in [5.74, 6) is 0.731. The van der Waals surface area contributed by atoms with E-state index in [-0.39, 0.29) is 18.4 Å². The number of nitrogens with zero attached hydrogens (tertiary/aromatic N) is 1. The van der Waals surface area contributed by atoms with Crippen molar-refractivity contribution >= 4 is 23.2 Å². The fraction of sp³-hybridized carbons (Fsp3) is 0.333. The zero-order chi connectivity index (χ0) is 19.3. The Morgan fingerprint density at radius 1 is 1.15 bits per heavy atom. The molecule has 0 saturated carbocycles. The van der Waals surface area contributed by atoms with Crippen LogP contribution in [0, 0.1) is 6.92 Å². The number of hydrogen-bond acceptors (Lipinski definition) is 3. The van der Waals surface area contributed by atoms with Crippen LogP contribution in [0.5, 0.6) is 5.75 Å². The second-order valence-corrected chi connectivity index (χ2v) is 6.66. The summed E-state index contributed by atoms with van der Waals surface area (Å²) in [6.07, 6.45) is 0. The Balaban J connectivity index is 2.03. The summed E-state index contributed by atoms with van der Waals surface area (Å²) in [6.45, 7) is 7.60. The highest BCUT2D eigenvalue weighted by molar-refractivity contribution is 5.94. The van der Waals surface area contributed by atoms with Gasteiger partial charge in [0.05, 0.1) is 0 Å². The lowest BCUT2D eigenvalue weighted by atomic mass is 10.0. The van der Waals surface area contributed by atoms with Crippen molar-refractivity contribution in [3.8, 4) is 5.75 Å². The number of aryl methyl sites for hydroxylation is 1. The molecule has 2 aromatic carbocycles. The Labute approximate surface area is 155 Å². The van der Waals surface area contributed by atoms with Gasteiger partial charge in [0.15, 0.2) is 6.61 Å². The lowest BCUT2D eigenvalue weighted by Crippen LogP contribution is -2.23. The van der Waals surface area contributed by atoms with Crippen molar-refractivity contribution in [1.82, 2.24) is 0 Å². The molecule has 0 aliphatic rings. The maximum atomic E-state index is 12.3.